The summed E-state index contributed by atoms with van der Waals surface area (Å²) in [5.74, 6) is 0. The van der Waals surface area contributed by atoms with Gasteiger partial charge in [-0.15, -0.1) is 0 Å². The van der Waals surface area contributed by atoms with Gasteiger partial charge >= 0.3 is 6.18 Å². The number of alkyl halides is 3. The first-order chi connectivity index (χ1) is 10.9. The molecule has 9 heteroatoms. The molecule has 138 valence electrons. The Kier molecular flexibility index (Phi) is 7.10. The van der Waals surface area contributed by atoms with E-state index in [-0.39, 0.29) is 6.54 Å². The first kappa shape index (κ1) is 21.2. The van der Waals surface area contributed by atoms with E-state index in [1.165, 1.54) is 4.90 Å². The van der Waals surface area contributed by atoms with Crippen LogP contribution in [0, 0.1) is 0 Å². The lowest BCUT2D eigenvalue weighted by molar-refractivity contribution is -0.941. The first-order valence-electron chi connectivity index (χ1n) is 7.58. The summed E-state index contributed by atoms with van der Waals surface area (Å²) >= 11 is 5.51. The van der Waals surface area contributed by atoms with Gasteiger partial charge in [-0.1, -0.05) is 11.6 Å². The minimum atomic E-state index is -4.71. The number of benzene rings is 1. The van der Waals surface area contributed by atoms with Crippen molar-refractivity contribution in [3.63, 3.8) is 0 Å². The van der Waals surface area contributed by atoms with E-state index in [1.807, 2.05) is 27.7 Å². The van der Waals surface area contributed by atoms with Crippen LogP contribution in [0.5, 0.6) is 0 Å². The van der Waals surface area contributed by atoms with Gasteiger partial charge in [-0.25, -0.2) is 13.1 Å². The Morgan fingerprint density at radius 2 is 1.71 bits per heavy atom. The third-order valence-corrected chi connectivity index (χ3v) is 5.53. The fourth-order valence-corrected chi connectivity index (χ4v) is 3.83. The lowest BCUT2D eigenvalue weighted by Gasteiger charge is -2.27. The van der Waals surface area contributed by atoms with Gasteiger partial charge < -0.3 is 4.90 Å². The maximum atomic E-state index is 12.8. The van der Waals surface area contributed by atoms with Crippen LogP contribution in [0.3, 0.4) is 0 Å². The van der Waals surface area contributed by atoms with Crippen LogP contribution in [0.25, 0.3) is 0 Å². The number of rotatable bonds is 7. The minimum Gasteiger partial charge on any atom is -0.330 e. The molecule has 0 aliphatic carbocycles. The Balaban J connectivity index is 2.90. The molecule has 0 heterocycles. The molecule has 4 nitrogen and oxygen atoms in total. The van der Waals surface area contributed by atoms with Crippen molar-refractivity contribution >= 4 is 21.6 Å². The molecule has 0 atom stereocenters. The van der Waals surface area contributed by atoms with E-state index >= 15 is 0 Å². The predicted octanol–water partition coefficient (Wildman–Crippen LogP) is 2.34. The number of quaternary nitrogens is 1. The van der Waals surface area contributed by atoms with Crippen LogP contribution in [0.1, 0.15) is 33.3 Å². The van der Waals surface area contributed by atoms with Crippen LogP contribution in [-0.2, 0) is 16.2 Å². The molecular weight excluding hydrogens is 365 g/mol. The standard InChI is InChI=1S/C15H22ClF3N2O2S/c1-10(2)21(11(3)4)8-7-20-24(22,23)12-5-6-14(16)13(9-12)15(17,18)19/h5-6,9-11,20H,7-8H2,1-4H3/p+1. The summed E-state index contributed by atoms with van der Waals surface area (Å²) in [5.41, 5.74) is -1.16. The lowest BCUT2D eigenvalue weighted by Crippen LogP contribution is -3.18. The molecule has 0 radical (unpaired) electrons. The molecule has 24 heavy (non-hydrogen) atoms. The summed E-state index contributed by atoms with van der Waals surface area (Å²) in [4.78, 5) is 0.750. The third kappa shape index (κ3) is 5.61. The van der Waals surface area contributed by atoms with E-state index in [9.17, 15) is 21.6 Å². The van der Waals surface area contributed by atoms with Gasteiger partial charge in [0.05, 0.1) is 40.7 Å². The van der Waals surface area contributed by atoms with Gasteiger partial charge in [-0.05, 0) is 45.9 Å². The largest absolute Gasteiger partial charge is 0.417 e. The van der Waals surface area contributed by atoms with Gasteiger partial charge in [0.25, 0.3) is 0 Å². The molecule has 0 aliphatic heterocycles. The molecule has 0 aromatic heterocycles. The monoisotopic (exact) mass is 387 g/mol. The van der Waals surface area contributed by atoms with Crippen molar-refractivity contribution in [3.8, 4) is 0 Å². The molecule has 0 saturated carbocycles. The van der Waals surface area contributed by atoms with E-state index in [0.29, 0.717) is 24.7 Å². The highest BCUT2D eigenvalue weighted by atomic mass is 35.5. The summed E-state index contributed by atoms with van der Waals surface area (Å²) in [6.07, 6.45) is -4.71. The van der Waals surface area contributed by atoms with Crippen LogP contribution < -0.4 is 9.62 Å². The molecule has 0 aliphatic rings. The number of hydrogen-bond donors (Lipinski definition) is 2. The molecule has 0 fully saturated rings. The average Bonchev–Trinajstić information content (AvgIpc) is 2.41. The van der Waals surface area contributed by atoms with E-state index in [2.05, 4.69) is 4.72 Å². The van der Waals surface area contributed by atoms with Crippen molar-refractivity contribution in [2.45, 2.75) is 50.9 Å². The topological polar surface area (TPSA) is 50.6 Å². The molecule has 0 saturated heterocycles. The maximum Gasteiger partial charge on any atom is 0.417 e. The summed E-state index contributed by atoms with van der Waals surface area (Å²) < 4.78 is 65.3. The Morgan fingerprint density at radius 1 is 1.17 bits per heavy atom. The SMILES string of the molecule is CC(C)[NH+](CCNS(=O)(=O)c1ccc(Cl)c(C(F)(F)F)c1)C(C)C. The van der Waals surface area contributed by atoms with Gasteiger partial charge in [0.15, 0.2) is 0 Å². The van der Waals surface area contributed by atoms with E-state index in [0.717, 1.165) is 12.1 Å². The van der Waals surface area contributed by atoms with Crippen molar-refractivity contribution in [1.29, 1.82) is 0 Å². The van der Waals surface area contributed by atoms with Crippen molar-refractivity contribution < 1.29 is 26.5 Å². The normalized spacial score (nSPS) is 13.3. The summed E-state index contributed by atoms with van der Waals surface area (Å²) in [6, 6.07) is 3.18. The van der Waals surface area contributed by atoms with E-state index in [1.54, 1.807) is 0 Å². The highest BCUT2D eigenvalue weighted by Crippen LogP contribution is 2.35. The van der Waals surface area contributed by atoms with Crippen molar-refractivity contribution in [3.05, 3.63) is 28.8 Å². The minimum absolute atomic E-state index is 0.137. The van der Waals surface area contributed by atoms with Crippen molar-refractivity contribution in [1.82, 2.24) is 4.72 Å². The Hall–Kier alpha value is -0.830. The highest BCUT2D eigenvalue weighted by molar-refractivity contribution is 7.89. The zero-order valence-electron chi connectivity index (χ0n) is 14.0. The molecule has 0 unspecified atom stereocenters. The van der Waals surface area contributed by atoms with Crippen LogP contribution in [0.4, 0.5) is 13.2 Å². The Morgan fingerprint density at radius 3 is 2.17 bits per heavy atom. The summed E-state index contributed by atoms with van der Waals surface area (Å²) in [6.45, 7) is 8.78. The van der Waals surface area contributed by atoms with Crippen molar-refractivity contribution in [2.75, 3.05) is 13.1 Å². The van der Waals surface area contributed by atoms with Crippen LogP contribution >= 0.6 is 11.6 Å². The molecular formula is C15H23ClF3N2O2S+. The lowest BCUT2D eigenvalue weighted by atomic mass is 10.2. The third-order valence-electron chi connectivity index (χ3n) is 3.74. The molecule has 0 spiro atoms. The quantitative estimate of drug-likeness (QED) is 0.754. The maximum absolute atomic E-state index is 12.8. The molecule has 2 N–H and O–H groups in total. The zero-order valence-corrected chi connectivity index (χ0v) is 15.6. The van der Waals surface area contributed by atoms with Crippen LogP contribution in [0.15, 0.2) is 23.1 Å². The predicted molar refractivity (Wildman–Crippen MR) is 87.7 cm³/mol. The van der Waals surface area contributed by atoms with Gasteiger partial charge in [0, 0.05) is 0 Å². The van der Waals surface area contributed by atoms with E-state index in [4.69, 9.17) is 11.6 Å². The molecule has 1 rings (SSSR count). The van der Waals surface area contributed by atoms with Gasteiger partial charge in [-0.2, -0.15) is 13.2 Å². The van der Waals surface area contributed by atoms with Crippen LogP contribution in [0.2, 0.25) is 5.02 Å². The Labute approximate surface area is 146 Å². The highest BCUT2D eigenvalue weighted by Gasteiger charge is 2.34. The van der Waals surface area contributed by atoms with E-state index < -0.39 is 31.7 Å². The second kappa shape index (κ2) is 8.03. The number of nitrogens with one attached hydrogen (secondary N) is 2. The second-order valence-electron chi connectivity index (χ2n) is 6.17. The molecule has 1 aromatic carbocycles. The number of halogens is 4. The molecule has 0 bridgehead atoms. The van der Waals surface area contributed by atoms with Crippen LogP contribution in [-0.4, -0.2) is 33.6 Å². The first-order valence-corrected chi connectivity index (χ1v) is 9.44. The number of sulfonamides is 1. The van der Waals surface area contributed by atoms with Gasteiger partial charge in [0.1, 0.15) is 0 Å². The van der Waals surface area contributed by atoms with Gasteiger partial charge in [-0.3, -0.25) is 0 Å². The average molecular weight is 388 g/mol. The van der Waals surface area contributed by atoms with Gasteiger partial charge in [0.2, 0.25) is 10.0 Å². The molecule has 0 amide bonds. The fraction of sp³-hybridized carbons (Fsp3) is 0.600. The smallest absolute Gasteiger partial charge is 0.330 e. The summed E-state index contributed by atoms with van der Waals surface area (Å²) in [5, 5.41) is -0.531. The zero-order chi connectivity index (χ0) is 18.7. The summed E-state index contributed by atoms with van der Waals surface area (Å²) in [7, 11) is -4.03. The number of hydrogen-bond acceptors (Lipinski definition) is 2. The Bertz CT molecular complexity index is 653. The fourth-order valence-electron chi connectivity index (χ4n) is 2.55. The van der Waals surface area contributed by atoms with Crippen molar-refractivity contribution in [2.24, 2.45) is 0 Å². The molecule has 1 aromatic rings. The second-order valence-corrected chi connectivity index (χ2v) is 8.35.